The van der Waals surface area contributed by atoms with Gasteiger partial charge in [-0.05, 0) is 32.6 Å². The van der Waals surface area contributed by atoms with E-state index in [-0.39, 0.29) is 12.1 Å². The largest absolute Gasteiger partial charge is 0.480 e. The molecule has 2 N–H and O–H groups in total. The summed E-state index contributed by atoms with van der Waals surface area (Å²) >= 11 is 0. The number of hydrogen-bond donors (Lipinski definition) is 2. The van der Waals surface area contributed by atoms with Gasteiger partial charge in [-0.15, -0.1) is 0 Å². The van der Waals surface area contributed by atoms with Crippen molar-refractivity contribution in [2.75, 3.05) is 6.54 Å². The molecular formula is C11H20N2O3. The van der Waals surface area contributed by atoms with Crippen molar-refractivity contribution < 1.29 is 14.7 Å². The van der Waals surface area contributed by atoms with Gasteiger partial charge >= 0.3 is 12.0 Å². The van der Waals surface area contributed by atoms with Crippen LogP contribution < -0.4 is 5.32 Å². The fourth-order valence-electron chi connectivity index (χ4n) is 2.02. The Labute approximate surface area is 95.8 Å². The van der Waals surface area contributed by atoms with Crippen molar-refractivity contribution in [1.29, 1.82) is 0 Å². The first kappa shape index (κ1) is 12.8. The van der Waals surface area contributed by atoms with E-state index in [1.807, 2.05) is 0 Å². The average molecular weight is 228 g/mol. The van der Waals surface area contributed by atoms with Crippen LogP contribution in [0.3, 0.4) is 0 Å². The molecule has 1 saturated heterocycles. The smallest absolute Gasteiger partial charge is 0.325 e. The number of carboxylic acid groups (broad SMARTS) is 1. The summed E-state index contributed by atoms with van der Waals surface area (Å²) in [7, 11) is 0. The molecular weight excluding hydrogens is 208 g/mol. The second-order valence-corrected chi connectivity index (χ2v) is 4.26. The summed E-state index contributed by atoms with van der Waals surface area (Å²) in [6.07, 6.45) is 4.10. The Morgan fingerprint density at radius 3 is 2.75 bits per heavy atom. The molecule has 1 aliphatic rings. The van der Waals surface area contributed by atoms with E-state index in [1.165, 1.54) is 6.92 Å². The van der Waals surface area contributed by atoms with Gasteiger partial charge in [-0.25, -0.2) is 4.79 Å². The number of nitrogens with one attached hydrogen (secondary N) is 1. The van der Waals surface area contributed by atoms with E-state index >= 15 is 0 Å². The molecule has 0 aromatic heterocycles. The molecule has 1 rings (SSSR count). The molecule has 92 valence electrons. The predicted octanol–water partition coefficient (Wildman–Crippen LogP) is 1.43. The topological polar surface area (TPSA) is 69.6 Å². The maximum Gasteiger partial charge on any atom is 0.325 e. The fraction of sp³-hybridized carbons (Fsp3) is 0.818. The van der Waals surface area contributed by atoms with Gasteiger partial charge in [-0.1, -0.05) is 6.92 Å². The number of urea groups is 1. The van der Waals surface area contributed by atoms with Crippen LogP contribution in [0.5, 0.6) is 0 Å². The monoisotopic (exact) mass is 228 g/mol. The molecule has 1 aliphatic heterocycles. The van der Waals surface area contributed by atoms with Crippen LogP contribution in [0.1, 0.15) is 39.5 Å². The number of carboxylic acids is 1. The maximum atomic E-state index is 11.8. The first-order valence-corrected chi connectivity index (χ1v) is 5.86. The molecule has 1 unspecified atom stereocenters. The summed E-state index contributed by atoms with van der Waals surface area (Å²) in [5, 5.41) is 11.2. The third-order valence-electron chi connectivity index (χ3n) is 3.07. The summed E-state index contributed by atoms with van der Waals surface area (Å²) in [4.78, 5) is 24.2. The van der Waals surface area contributed by atoms with Crippen molar-refractivity contribution in [3.63, 3.8) is 0 Å². The lowest BCUT2D eigenvalue weighted by Gasteiger charge is -2.35. The lowest BCUT2D eigenvalue weighted by atomic mass is 10.0. The molecule has 1 fully saturated rings. The normalized spacial score (nSPS) is 22.6. The number of piperidine rings is 1. The van der Waals surface area contributed by atoms with Crippen LogP contribution in [0.4, 0.5) is 4.79 Å². The number of rotatable bonds is 3. The van der Waals surface area contributed by atoms with Crippen molar-refractivity contribution in [3.05, 3.63) is 0 Å². The third kappa shape index (κ3) is 3.12. The lowest BCUT2D eigenvalue weighted by Crippen LogP contribution is -2.52. The molecule has 2 amide bonds. The molecule has 0 bridgehead atoms. The zero-order valence-electron chi connectivity index (χ0n) is 9.90. The van der Waals surface area contributed by atoms with Gasteiger partial charge in [-0.2, -0.15) is 0 Å². The van der Waals surface area contributed by atoms with Gasteiger partial charge < -0.3 is 15.3 Å². The minimum absolute atomic E-state index is 0.249. The molecule has 0 saturated carbocycles. The number of nitrogens with zero attached hydrogens (tertiary/aromatic N) is 1. The Kier molecular flexibility index (Phi) is 4.58. The molecule has 0 aliphatic carbocycles. The van der Waals surface area contributed by atoms with Gasteiger partial charge in [0.1, 0.15) is 6.04 Å². The van der Waals surface area contributed by atoms with Crippen LogP contribution >= 0.6 is 0 Å². The number of carbonyl (C=O) groups excluding carboxylic acids is 1. The maximum absolute atomic E-state index is 11.8. The highest BCUT2D eigenvalue weighted by Gasteiger charge is 2.26. The molecule has 5 nitrogen and oxygen atoms in total. The van der Waals surface area contributed by atoms with Gasteiger partial charge in [0.2, 0.25) is 0 Å². The summed E-state index contributed by atoms with van der Waals surface area (Å²) in [5.74, 6) is -1.00. The van der Waals surface area contributed by atoms with E-state index in [0.29, 0.717) is 0 Å². The standard InChI is InChI=1S/C11H20N2O3/c1-3-9-6-4-5-7-13(9)11(16)12-8(2)10(14)15/h8-9H,3-7H2,1-2H3,(H,12,16)(H,14,15)/t8-,9?/m1/s1. The average Bonchev–Trinajstić information content (AvgIpc) is 2.28. The SMILES string of the molecule is CCC1CCCCN1C(=O)N[C@H](C)C(=O)O. The van der Waals surface area contributed by atoms with Crippen molar-refractivity contribution in [1.82, 2.24) is 10.2 Å². The Morgan fingerprint density at radius 2 is 2.19 bits per heavy atom. The van der Waals surface area contributed by atoms with E-state index in [4.69, 9.17) is 5.11 Å². The fourth-order valence-corrected chi connectivity index (χ4v) is 2.02. The quantitative estimate of drug-likeness (QED) is 0.767. The highest BCUT2D eigenvalue weighted by molar-refractivity contribution is 5.82. The van der Waals surface area contributed by atoms with E-state index in [9.17, 15) is 9.59 Å². The van der Waals surface area contributed by atoms with Crippen molar-refractivity contribution in [3.8, 4) is 0 Å². The van der Waals surface area contributed by atoms with Gasteiger partial charge in [0.15, 0.2) is 0 Å². The van der Waals surface area contributed by atoms with Crippen molar-refractivity contribution >= 4 is 12.0 Å². The third-order valence-corrected chi connectivity index (χ3v) is 3.07. The van der Waals surface area contributed by atoms with Crippen LogP contribution in [-0.4, -0.2) is 40.6 Å². The van der Waals surface area contributed by atoms with Crippen LogP contribution in [0, 0.1) is 0 Å². The van der Waals surface area contributed by atoms with E-state index in [2.05, 4.69) is 12.2 Å². The minimum Gasteiger partial charge on any atom is -0.480 e. The van der Waals surface area contributed by atoms with Crippen LogP contribution in [0.2, 0.25) is 0 Å². The number of likely N-dealkylation sites (tertiary alicyclic amines) is 1. The highest BCUT2D eigenvalue weighted by atomic mass is 16.4. The van der Waals surface area contributed by atoms with Crippen LogP contribution in [0.25, 0.3) is 0 Å². The lowest BCUT2D eigenvalue weighted by molar-refractivity contribution is -0.138. The molecule has 0 aromatic carbocycles. The van der Waals surface area contributed by atoms with E-state index in [0.717, 1.165) is 32.2 Å². The predicted molar refractivity (Wildman–Crippen MR) is 60.3 cm³/mol. The summed E-state index contributed by atoms with van der Waals surface area (Å²) in [5.41, 5.74) is 0. The second kappa shape index (κ2) is 5.72. The second-order valence-electron chi connectivity index (χ2n) is 4.26. The van der Waals surface area contributed by atoms with Gasteiger partial charge in [0.05, 0.1) is 0 Å². The molecule has 0 radical (unpaired) electrons. The van der Waals surface area contributed by atoms with E-state index < -0.39 is 12.0 Å². The summed E-state index contributed by atoms with van der Waals surface area (Å²) in [6.45, 7) is 4.26. The summed E-state index contributed by atoms with van der Waals surface area (Å²) < 4.78 is 0. The van der Waals surface area contributed by atoms with Gasteiger partial charge in [0, 0.05) is 12.6 Å². The van der Waals surface area contributed by atoms with Crippen molar-refractivity contribution in [2.45, 2.75) is 51.6 Å². The zero-order valence-corrected chi connectivity index (χ0v) is 9.90. The Balaban J connectivity index is 2.54. The molecule has 0 aromatic rings. The van der Waals surface area contributed by atoms with Gasteiger partial charge in [-0.3, -0.25) is 4.79 Å². The number of hydrogen-bond acceptors (Lipinski definition) is 2. The number of amides is 2. The molecule has 5 heteroatoms. The molecule has 1 heterocycles. The zero-order chi connectivity index (χ0) is 12.1. The number of aliphatic carboxylic acids is 1. The number of carbonyl (C=O) groups is 2. The minimum atomic E-state index is -1.00. The Bertz CT molecular complexity index is 268. The molecule has 0 spiro atoms. The van der Waals surface area contributed by atoms with Crippen LogP contribution in [-0.2, 0) is 4.79 Å². The Hall–Kier alpha value is -1.26. The molecule has 16 heavy (non-hydrogen) atoms. The van der Waals surface area contributed by atoms with Gasteiger partial charge in [0.25, 0.3) is 0 Å². The molecule has 2 atom stereocenters. The highest BCUT2D eigenvalue weighted by Crippen LogP contribution is 2.19. The van der Waals surface area contributed by atoms with Crippen LogP contribution in [0.15, 0.2) is 0 Å². The van der Waals surface area contributed by atoms with E-state index in [1.54, 1.807) is 4.90 Å². The van der Waals surface area contributed by atoms with Crippen molar-refractivity contribution in [2.24, 2.45) is 0 Å². The summed E-state index contributed by atoms with van der Waals surface area (Å²) in [6, 6.07) is -0.817. The first-order valence-electron chi connectivity index (χ1n) is 5.86. The Morgan fingerprint density at radius 1 is 1.50 bits per heavy atom. The first-order chi connectivity index (χ1) is 7.56.